The highest BCUT2D eigenvalue weighted by molar-refractivity contribution is 8.07. The Balaban J connectivity index is 1.97. The van der Waals surface area contributed by atoms with Gasteiger partial charge in [0, 0.05) is 27.5 Å². The largest absolute Gasteiger partial charge is 0.313 e. The van der Waals surface area contributed by atoms with Gasteiger partial charge in [0.1, 0.15) is 0 Å². The molecule has 1 saturated heterocycles. The van der Waals surface area contributed by atoms with E-state index in [0.29, 0.717) is 0 Å². The van der Waals surface area contributed by atoms with E-state index in [1.165, 1.54) is 44.3 Å². The number of rotatable bonds is 4. The summed E-state index contributed by atoms with van der Waals surface area (Å²) in [5.41, 5.74) is 0. The molecule has 4 unspecified atom stereocenters. The second-order valence-corrected chi connectivity index (χ2v) is 9.28. The number of thioether (sulfide) groups is 2. The Morgan fingerprint density at radius 2 is 1.74 bits per heavy atom. The molecule has 2 fully saturated rings. The highest BCUT2D eigenvalue weighted by atomic mass is 32.2. The normalized spacial score (nSPS) is 35.8. The van der Waals surface area contributed by atoms with Gasteiger partial charge in [0.05, 0.1) is 0 Å². The second kappa shape index (κ2) is 8.19. The lowest BCUT2D eigenvalue weighted by Gasteiger charge is -2.39. The van der Waals surface area contributed by atoms with Crippen LogP contribution in [0.15, 0.2) is 0 Å². The van der Waals surface area contributed by atoms with E-state index < -0.39 is 0 Å². The van der Waals surface area contributed by atoms with Gasteiger partial charge in [-0.2, -0.15) is 23.5 Å². The Morgan fingerprint density at radius 3 is 2.32 bits per heavy atom. The van der Waals surface area contributed by atoms with Crippen molar-refractivity contribution in [3.05, 3.63) is 0 Å². The fourth-order valence-corrected chi connectivity index (χ4v) is 6.71. The molecule has 1 aliphatic heterocycles. The van der Waals surface area contributed by atoms with Crippen LogP contribution in [0.1, 0.15) is 59.3 Å². The average molecular weight is 302 g/mol. The van der Waals surface area contributed by atoms with E-state index in [1.54, 1.807) is 0 Å². The molecule has 1 aliphatic carbocycles. The van der Waals surface area contributed by atoms with E-state index in [9.17, 15) is 0 Å². The van der Waals surface area contributed by atoms with Gasteiger partial charge in [0.2, 0.25) is 0 Å². The summed E-state index contributed by atoms with van der Waals surface area (Å²) in [5.74, 6) is 2.28. The highest BCUT2D eigenvalue weighted by Gasteiger charge is 2.34. The van der Waals surface area contributed by atoms with Crippen molar-refractivity contribution >= 4 is 23.5 Å². The van der Waals surface area contributed by atoms with Gasteiger partial charge in [-0.3, -0.25) is 0 Å². The van der Waals surface area contributed by atoms with Crippen LogP contribution in [-0.2, 0) is 0 Å². The van der Waals surface area contributed by atoms with E-state index in [1.807, 2.05) is 0 Å². The fourth-order valence-electron chi connectivity index (χ4n) is 3.50. The Kier molecular flexibility index (Phi) is 6.91. The van der Waals surface area contributed by atoms with Gasteiger partial charge >= 0.3 is 0 Å². The van der Waals surface area contributed by atoms with E-state index >= 15 is 0 Å². The number of hydrogen-bond acceptors (Lipinski definition) is 3. The Bertz CT molecular complexity index is 251. The van der Waals surface area contributed by atoms with Crippen LogP contribution in [0.3, 0.4) is 0 Å². The van der Waals surface area contributed by atoms with Crippen molar-refractivity contribution in [2.75, 3.05) is 12.3 Å². The van der Waals surface area contributed by atoms with E-state index in [0.717, 1.165) is 34.3 Å². The summed E-state index contributed by atoms with van der Waals surface area (Å²) in [4.78, 5) is 0. The topological polar surface area (TPSA) is 12.0 Å². The predicted octanol–water partition coefficient (Wildman–Crippen LogP) is 4.56. The number of nitrogens with one attached hydrogen (secondary N) is 1. The summed E-state index contributed by atoms with van der Waals surface area (Å²) in [6, 6.07) is 0.760. The molecule has 112 valence electrons. The maximum absolute atomic E-state index is 3.85. The van der Waals surface area contributed by atoms with Crippen molar-refractivity contribution in [3.8, 4) is 0 Å². The minimum Gasteiger partial charge on any atom is -0.313 e. The van der Waals surface area contributed by atoms with Crippen molar-refractivity contribution in [1.29, 1.82) is 0 Å². The summed E-state index contributed by atoms with van der Waals surface area (Å²) in [6.45, 7) is 8.22. The highest BCUT2D eigenvalue weighted by Crippen LogP contribution is 2.40. The SMILES string of the molecule is CCNC(C1CCCCCC1)C1CSC(C)C(C)S1. The molecule has 0 aromatic heterocycles. The van der Waals surface area contributed by atoms with Crippen molar-refractivity contribution in [2.45, 2.75) is 81.1 Å². The van der Waals surface area contributed by atoms with Gasteiger partial charge < -0.3 is 5.32 Å². The first kappa shape index (κ1) is 16.0. The molecule has 0 spiro atoms. The zero-order chi connectivity index (χ0) is 13.7. The molecule has 2 rings (SSSR count). The molecule has 0 bridgehead atoms. The van der Waals surface area contributed by atoms with E-state index in [4.69, 9.17) is 0 Å². The van der Waals surface area contributed by atoms with Crippen LogP contribution in [0, 0.1) is 5.92 Å². The molecule has 1 saturated carbocycles. The minimum absolute atomic E-state index is 0.760. The maximum atomic E-state index is 3.85. The van der Waals surface area contributed by atoms with Crippen molar-refractivity contribution in [1.82, 2.24) is 5.32 Å². The zero-order valence-electron chi connectivity index (χ0n) is 12.9. The Hall–Kier alpha value is 0.660. The molecule has 0 aromatic rings. The lowest BCUT2D eigenvalue weighted by Crippen LogP contribution is -2.47. The predicted molar refractivity (Wildman–Crippen MR) is 91.4 cm³/mol. The molecule has 1 nitrogen and oxygen atoms in total. The molecule has 4 atom stereocenters. The minimum atomic E-state index is 0.760. The van der Waals surface area contributed by atoms with Crippen LogP contribution in [0.25, 0.3) is 0 Å². The van der Waals surface area contributed by atoms with Crippen molar-refractivity contribution in [2.24, 2.45) is 5.92 Å². The average Bonchev–Trinajstić information content (AvgIpc) is 2.68. The molecular weight excluding hydrogens is 270 g/mol. The molecule has 1 heterocycles. The van der Waals surface area contributed by atoms with Gasteiger partial charge in [0.25, 0.3) is 0 Å². The summed E-state index contributed by atoms with van der Waals surface area (Å²) in [7, 11) is 0. The third-order valence-electron chi connectivity index (χ3n) is 4.82. The van der Waals surface area contributed by atoms with E-state index in [2.05, 4.69) is 49.6 Å². The van der Waals surface area contributed by atoms with Crippen LogP contribution in [0.4, 0.5) is 0 Å². The van der Waals surface area contributed by atoms with Crippen LogP contribution in [0.5, 0.6) is 0 Å². The maximum Gasteiger partial charge on any atom is 0.0297 e. The van der Waals surface area contributed by atoms with Crippen LogP contribution >= 0.6 is 23.5 Å². The molecular formula is C16H31NS2. The third kappa shape index (κ3) is 4.57. The van der Waals surface area contributed by atoms with Crippen LogP contribution in [-0.4, -0.2) is 34.1 Å². The quantitative estimate of drug-likeness (QED) is 0.765. The van der Waals surface area contributed by atoms with Gasteiger partial charge in [-0.05, 0) is 25.3 Å². The Labute approximate surface area is 128 Å². The smallest absolute Gasteiger partial charge is 0.0297 e. The first-order valence-corrected chi connectivity index (χ1v) is 10.2. The van der Waals surface area contributed by atoms with Crippen molar-refractivity contribution < 1.29 is 0 Å². The van der Waals surface area contributed by atoms with Gasteiger partial charge in [-0.25, -0.2) is 0 Å². The zero-order valence-corrected chi connectivity index (χ0v) is 14.5. The summed E-state index contributed by atoms with van der Waals surface area (Å²) >= 11 is 4.46. The molecule has 1 N–H and O–H groups in total. The monoisotopic (exact) mass is 301 g/mol. The van der Waals surface area contributed by atoms with Crippen molar-refractivity contribution in [3.63, 3.8) is 0 Å². The fraction of sp³-hybridized carbons (Fsp3) is 1.00. The molecule has 2 aliphatic rings. The second-order valence-electron chi connectivity index (χ2n) is 6.25. The number of hydrogen-bond donors (Lipinski definition) is 1. The standard InChI is InChI=1S/C16H31NS2/c1-4-17-16(14-9-7-5-6-8-10-14)15-11-18-12(2)13(3)19-15/h12-17H,4-11H2,1-3H3. The molecule has 0 amide bonds. The Morgan fingerprint density at radius 1 is 1.05 bits per heavy atom. The van der Waals surface area contributed by atoms with E-state index in [-0.39, 0.29) is 0 Å². The lowest BCUT2D eigenvalue weighted by molar-refractivity contribution is 0.322. The molecule has 3 heteroatoms. The molecule has 19 heavy (non-hydrogen) atoms. The third-order valence-corrected chi connectivity index (χ3v) is 8.34. The van der Waals surface area contributed by atoms with Gasteiger partial charge in [0.15, 0.2) is 0 Å². The lowest BCUT2D eigenvalue weighted by atomic mass is 9.90. The summed E-state index contributed by atoms with van der Waals surface area (Å²) in [6.07, 6.45) is 8.78. The van der Waals surface area contributed by atoms with Gasteiger partial charge in [-0.15, -0.1) is 0 Å². The first-order valence-electron chi connectivity index (χ1n) is 8.22. The summed E-state index contributed by atoms with van der Waals surface area (Å²) in [5, 5.41) is 6.33. The van der Waals surface area contributed by atoms with Crippen LogP contribution < -0.4 is 5.32 Å². The molecule has 0 aromatic carbocycles. The van der Waals surface area contributed by atoms with Crippen LogP contribution in [0.2, 0.25) is 0 Å². The summed E-state index contributed by atoms with van der Waals surface area (Å²) < 4.78 is 0. The first-order chi connectivity index (χ1) is 9.22. The molecule has 0 radical (unpaired) electrons. The van der Waals surface area contributed by atoms with Gasteiger partial charge in [-0.1, -0.05) is 46.5 Å².